The molecule has 1 saturated heterocycles. The Bertz CT molecular complexity index is 1100. The number of nitriles is 1. The van der Waals surface area contributed by atoms with Crippen molar-refractivity contribution in [2.75, 3.05) is 24.5 Å². The highest BCUT2D eigenvalue weighted by molar-refractivity contribution is 5.85. The van der Waals surface area contributed by atoms with Crippen molar-refractivity contribution < 1.29 is 9.90 Å². The number of piperazine rings is 1. The van der Waals surface area contributed by atoms with Crippen molar-refractivity contribution in [3.63, 3.8) is 0 Å². The molecule has 2 unspecified atom stereocenters. The Labute approximate surface area is 192 Å². The van der Waals surface area contributed by atoms with Crippen LogP contribution < -0.4 is 10.2 Å². The molecule has 0 aromatic carbocycles. The van der Waals surface area contributed by atoms with E-state index in [0.717, 1.165) is 11.3 Å². The highest BCUT2D eigenvalue weighted by Gasteiger charge is 2.33. The maximum absolute atomic E-state index is 11.0. The van der Waals surface area contributed by atoms with E-state index in [1.807, 2.05) is 30.4 Å². The number of carboxylic acid groups (broad SMARTS) is 1. The fourth-order valence-electron chi connectivity index (χ4n) is 4.25. The van der Waals surface area contributed by atoms with Crippen molar-refractivity contribution in [1.82, 2.24) is 25.1 Å². The molecule has 4 rings (SSSR count). The Hall–Kier alpha value is -4.13. The van der Waals surface area contributed by atoms with Gasteiger partial charge in [0.15, 0.2) is 17.8 Å². The monoisotopic (exact) mass is 446 g/mol. The number of allylic oxidation sites excluding steroid dienone is 4. The second-order valence-corrected chi connectivity index (χ2v) is 8.37. The number of carbonyl (C=O) groups is 1. The van der Waals surface area contributed by atoms with Crippen LogP contribution in [0.4, 0.5) is 5.82 Å². The van der Waals surface area contributed by atoms with Crippen LogP contribution in [0.2, 0.25) is 0 Å². The first-order valence-corrected chi connectivity index (χ1v) is 10.8. The van der Waals surface area contributed by atoms with Crippen LogP contribution in [0.25, 0.3) is 0 Å². The molecule has 2 aliphatic heterocycles. The van der Waals surface area contributed by atoms with Gasteiger partial charge in [0.05, 0.1) is 24.5 Å². The SMILES string of the molecule is CC(C)C1CN(c2cnc(C(=O)O)cn2)CCN1C(=N)NC1=CC=CC2C1=CC=CN2C#N. The highest BCUT2D eigenvalue weighted by atomic mass is 16.4. The molecule has 1 fully saturated rings. The van der Waals surface area contributed by atoms with Crippen molar-refractivity contribution >= 4 is 17.7 Å². The lowest BCUT2D eigenvalue weighted by Gasteiger charge is -2.45. The van der Waals surface area contributed by atoms with E-state index < -0.39 is 5.97 Å². The van der Waals surface area contributed by atoms with Crippen LogP contribution >= 0.6 is 0 Å². The number of anilines is 1. The van der Waals surface area contributed by atoms with Gasteiger partial charge in [0, 0.05) is 37.1 Å². The summed E-state index contributed by atoms with van der Waals surface area (Å²) in [5.41, 5.74) is 1.66. The average Bonchev–Trinajstić information content (AvgIpc) is 2.83. The molecule has 0 bridgehead atoms. The van der Waals surface area contributed by atoms with Crippen molar-refractivity contribution in [1.29, 1.82) is 10.7 Å². The Morgan fingerprint density at radius 3 is 2.76 bits per heavy atom. The van der Waals surface area contributed by atoms with E-state index in [2.05, 4.69) is 45.1 Å². The summed E-state index contributed by atoms with van der Waals surface area (Å²) in [7, 11) is 0. The molecule has 2 atom stereocenters. The van der Waals surface area contributed by atoms with E-state index in [0.29, 0.717) is 31.4 Å². The maximum atomic E-state index is 11.0. The summed E-state index contributed by atoms with van der Waals surface area (Å²) in [5.74, 6) is 0.0949. The fourth-order valence-corrected chi connectivity index (χ4v) is 4.25. The molecule has 0 radical (unpaired) electrons. The predicted molar refractivity (Wildman–Crippen MR) is 123 cm³/mol. The van der Waals surface area contributed by atoms with Crippen molar-refractivity contribution in [2.45, 2.75) is 25.9 Å². The van der Waals surface area contributed by atoms with E-state index in [4.69, 9.17) is 10.5 Å². The van der Waals surface area contributed by atoms with E-state index in [-0.39, 0.29) is 23.7 Å². The smallest absolute Gasteiger partial charge is 0.356 e. The first-order chi connectivity index (χ1) is 15.9. The minimum Gasteiger partial charge on any atom is -0.476 e. The van der Waals surface area contributed by atoms with Crippen molar-refractivity contribution in [3.05, 3.63) is 65.9 Å². The second kappa shape index (κ2) is 9.16. The number of rotatable bonds is 4. The molecule has 33 heavy (non-hydrogen) atoms. The third-order valence-corrected chi connectivity index (χ3v) is 6.03. The van der Waals surface area contributed by atoms with Gasteiger partial charge in [0.1, 0.15) is 5.82 Å². The molecule has 1 aromatic heterocycles. The number of nitrogens with one attached hydrogen (secondary N) is 2. The van der Waals surface area contributed by atoms with Gasteiger partial charge in [-0.25, -0.2) is 14.8 Å². The Kier molecular flexibility index (Phi) is 6.13. The largest absolute Gasteiger partial charge is 0.476 e. The normalized spacial score (nSPS) is 21.8. The van der Waals surface area contributed by atoms with E-state index in [1.54, 1.807) is 11.1 Å². The Morgan fingerprint density at radius 1 is 1.27 bits per heavy atom. The van der Waals surface area contributed by atoms with Crippen LogP contribution in [-0.2, 0) is 0 Å². The summed E-state index contributed by atoms with van der Waals surface area (Å²) in [6.07, 6.45) is 16.3. The van der Waals surface area contributed by atoms with Gasteiger partial charge in [-0.3, -0.25) is 10.3 Å². The molecule has 3 N–H and O–H groups in total. The lowest BCUT2D eigenvalue weighted by molar-refractivity contribution is 0.0690. The number of aromatic nitrogens is 2. The van der Waals surface area contributed by atoms with Crippen molar-refractivity contribution in [2.24, 2.45) is 5.92 Å². The number of hydrogen-bond acceptors (Lipinski definition) is 7. The van der Waals surface area contributed by atoms with Crippen LogP contribution in [0, 0.1) is 22.8 Å². The molecule has 10 nitrogen and oxygen atoms in total. The standard InChI is InChI=1S/C23H26N8O2/c1-15(2)20-13-29(21-12-26-18(11-27-21)22(32)33)9-10-31(20)23(25)28-17-6-3-7-19-16(17)5-4-8-30(19)14-24/h3-8,11-12,15,19-20H,9-10,13H2,1-2H3,(H2,25,28)(H,32,33). The van der Waals surface area contributed by atoms with Gasteiger partial charge in [0.2, 0.25) is 0 Å². The third kappa shape index (κ3) is 4.43. The quantitative estimate of drug-likeness (QED) is 0.360. The van der Waals surface area contributed by atoms with Gasteiger partial charge < -0.3 is 20.2 Å². The van der Waals surface area contributed by atoms with E-state index >= 15 is 0 Å². The van der Waals surface area contributed by atoms with Crippen LogP contribution in [0.15, 0.2) is 60.2 Å². The molecule has 10 heteroatoms. The lowest BCUT2D eigenvalue weighted by Crippen LogP contribution is -2.60. The molecule has 1 aliphatic carbocycles. The molecule has 170 valence electrons. The summed E-state index contributed by atoms with van der Waals surface area (Å²) in [6, 6.07) is -0.128. The number of guanidine groups is 1. The molecule has 3 aliphatic rings. The Morgan fingerprint density at radius 2 is 2.09 bits per heavy atom. The van der Waals surface area contributed by atoms with Gasteiger partial charge in [-0.05, 0) is 18.1 Å². The molecular weight excluding hydrogens is 420 g/mol. The second-order valence-electron chi connectivity index (χ2n) is 8.37. The minimum absolute atomic E-state index is 0.0473. The zero-order chi connectivity index (χ0) is 23.5. The summed E-state index contributed by atoms with van der Waals surface area (Å²) >= 11 is 0. The number of carboxylic acids is 1. The minimum atomic E-state index is -1.10. The van der Waals surface area contributed by atoms with Crippen molar-refractivity contribution in [3.8, 4) is 6.19 Å². The topological polar surface area (TPSA) is 132 Å². The summed E-state index contributed by atoms with van der Waals surface area (Å²) < 4.78 is 0. The zero-order valence-corrected chi connectivity index (χ0v) is 18.5. The molecule has 0 saturated carbocycles. The third-order valence-electron chi connectivity index (χ3n) is 6.03. The van der Waals surface area contributed by atoms with Gasteiger partial charge >= 0.3 is 5.97 Å². The average molecular weight is 447 g/mol. The van der Waals surface area contributed by atoms with E-state index in [9.17, 15) is 10.1 Å². The van der Waals surface area contributed by atoms with Gasteiger partial charge in [-0.1, -0.05) is 32.1 Å². The Balaban J connectivity index is 1.47. The van der Waals surface area contributed by atoms with E-state index in [1.165, 1.54) is 12.4 Å². The first kappa shape index (κ1) is 22.1. The first-order valence-electron chi connectivity index (χ1n) is 10.8. The highest BCUT2D eigenvalue weighted by Crippen LogP contribution is 2.27. The number of hydrogen-bond donors (Lipinski definition) is 3. The van der Waals surface area contributed by atoms with Crippen LogP contribution in [0.3, 0.4) is 0 Å². The lowest BCUT2D eigenvalue weighted by atomic mass is 9.95. The number of aromatic carboxylic acids is 1. The van der Waals surface area contributed by atoms with Gasteiger partial charge in [-0.2, -0.15) is 5.26 Å². The zero-order valence-electron chi connectivity index (χ0n) is 18.5. The van der Waals surface area contributed by atoms with Crippen LogP contribution in [0.1, 0.15) is 24.3 Å². The predicted octanol–water partition coefficient (Wildman–Crippen LogP) is 1.90. The molecular formula is C23H26N8O2. The molecule has 1 aromatic rings. The van der Waals surface area contributed by atoms with Crippen LogP contribution in [-0.4, -0.2) is 68.5 Å². The summed E-state index contributed by atoms with van der Waals surface area (Å²) in [5, 5.41) is 30.5. The molecule has 0 spiro atoms. The van der Waals surface area contributed by atoms with Crippen LogP contribution in [0.5, 0.6) is 0 Å². The maximum Gasteiger partial charge on any atom is 0.356 e. The number of fused-ring (bicyclic) bond motifs is 1. The summed E-state index contributed by atoms with van der Waals surface area (Å²) in [6.45, 7) is 6.10. The number of nitrogens with zero attached hydrogens (tertiary/aromatic N) is 6. The molecule has 3 heterocycles. The van der Waals surface area contributed by atoms with Gasteiger partial charge in [-0.15, -0.1) is 0 Å². The summed E-state index contributed by atoms with van der Waals surface area (Å²) in [4.78, 5) is 25.0. The molecule has 0 amide bonds. The fraction of sp³-hybridized carbons (Fsp3) is 0.348. The van der Waals surface area contributed by atoms with Gasteiger partial charge in [0.25, 0.3) is 0 Å².